The van der Waals surface area contributed by atoms with Crippen LogP contribution in [0.1, 0.15) is 5.48 Å². The Bertz CT molecular complexity index is 277. The van der Waals surface area contributed by atoms with Gasteiger partial charge in [-0.15, -0.1) is 0 Å². The van der Waals surface area contributed by atoms with Crippen LogP contribution < -0.4 is 17.2 Å². The molecular weight excluding hydrogens is 238 g/mol. The number of carbonyl (C=O) groups excluding carboxylic acids is 1. The maximum absolute atomic E-state index is 11.6. The zero-order valence-corrected chi connectivity index (χ0v) is 10.0. The quantitative estimate of drug-likeness (QED) is 0.413. The van der Waals surface area contributed by atoms with Crippen molar-refractivity contribution in [1.82, 2.24) is 0 Å². The molecule has 0 rings (SSSR count). The Hall–Kier alpha value is 0.600. The molecule has 0 radical (unpaired) electrons. The van der Waals surface area contributed by atoms with Crippen molar-refractivity contribution < 1.29 is 10.3 Å². The Morgan fingerprint density at radius 1 is 1.43 bits per heavy atom. The highest BCUT2D eigenvalue weighted by Crippen LogP contribution is 2.21. The standard InChI is InChI=1S/C7H17N3OS3/c8-1-3-12-7(11)6(10)5-14-13-4-2-9/h6H,1-5,8-10H2/t6-/m0/s1/i1D2,3D2. The smallest absolute Gasteiger partial charge is 0.206 e. The fraction of sp³-hybridized carbons (Fsp3) is 0.857. The molecule has 0 aliphatic carbocycles. The monoisotopic (exact) mass is 259 g/mol. The average Bonchev–Trinajstić information content (AvgIpc) is 2.21. The van der Waals surface area contributed by atoms with Gasteiger partial charge in [0.15, 0.2) is 0 Å². The topological polar surface area (TPSA) is 95.1 Å². The minimum absolute atomic E-state index is 0.203. The molecule has 7 heteroatoms. The van der Waals surface area contributed by atoms with Crippen molar-refractivity contribution in [1.29, 1.82) is 0 Å². The molecule has 84 valence electrons. The van der Waals surface area contributed by atoms with Crippen LogP contribution in [0.5, 0.6) is 0 Å². The Morgan fingerprint density at radius 2 is 2.14 bits per heavy atom. The van der Waals surface area contributed by atoms with E-state index in [1.807, 2.05) is 0 Å². The molecule has 0 unspecified atom stereocenters. The fourth-order valence-corrected chi connectivity index (χ4v) is 2.93. The predicted octanol–water partition coefficient (Wildman–Crippen LogP) is -0.128. The van der Waals surface area contributed by atoms with Gasteiger partial charge in [-0.05, 0) is 0 Å². The van der Waals surface area contributed by atoms with Crippen LogP contribution in [0.15, 0.2) is 0 Å². The minimum atomic E-state index is -2.60. The average molecular weight is 259 g/mol. The number of thioether (sulfide) groups is 1. The van der Waals surface area contributed by atoms with E-state index in [0.29, 0.717) is 12.3 Å². The van der Waals surface area contributed by atoms with Crippen LogP contribution in [-0.4, -0.2) is 41.4 Å². The molecule has 0 aromatic carbocycles. The van der Waals surface area contributed by atoms with Gasteiger partial charge in [-0.25, -0.2) is 0 Å². The predicted molar refractivity (Wildman–Crippen MR) is 68.5 cm³/mol. The molecule has 0 aliphatic heterocycles. The molecule has 0 saturated carbocycles. The van der Waals surface area contributed by atoms with Gasteiger partial charge in [0.25, 0.3) is 0 Å². The van der Waals surface area contributed by atoms with E-state index in [4.69, 9.17) is 22.7 Å². The third-order valence-corrected chi connectivity index (χ3v) is 4.24. The Balaban J connectivity index is 4.16. The normalized spacial score (nSPS) is 19.1. The number of rotatable bonds is 8. The second-order valence-electron chi connectivity index (χ2n) is 2.17. The number of hydrogen-bond acceptors (Lipinski definition) is 7. The molecule has 1 atom stereocenters. The summed E-state index contributed by atoms with van der Waals surface area (Å²) >= 11 is 0.203. The highest BCUT2D eigenvalue weighted by Gasteiger charge is 2.13. The maximum atomic E-state index is 11.6. The lowest BCUT2D eigenvalue weighted by Crippen LogP contribution is -2.31. The highest BCUT2D eigenvalue weighted by molar-refractivity contribution is 8.76. The largest absolute Gasteiger partial charge is 0.330 e. The number of hydrogen-bond donors (Lipinski definition) is 3. The molecule has 14 heavy (non-hydrogen) atoms. The molecule has 0 amide bonds. The zero-order valence-electron chi connectivity index (χ0n) is 11.6. The van der Waals surface area contributed by atoms with Gasteiger partial charge in [-0.3, -0.25) is 4.79 Å². The van der Waals surface area contributed by atoms with Crippen LogP contribution in [-0.2, 0) is 4.79 Å². The second-order valence-corrected chi connectivity index (χ2v) is 5.61. The van der Waals surface area contributed by atoms with Gasteiger partial charge in [0.05, 0.1) is 6.04 Å². The summed E-state index contributed by atoms with van der Waals surface area (Å²) in [6.07, 6.45) is 0. The van der Waals surface area contributed by atoms with E-state index in [0.717, 1.165) is 5.75 Å². The molecule has 4 nitrogen and oxygen atoms in total. The van der Waals surface area contributed by atoms with Crippen LogP contribution in [0.4, 0.5) is 0 Å². The lowest BCUT2D eigenvalue weighted by Gasteiger charge is -2.08. The van der Waals surface area contributed by atoms with Crippen molar-refractivity contribution in [3.8, 4) is 0 Å². The van der Waals surface area contributed by atoms with Crippen LogP contribution in [0.3, 0.4) is 0 Å². The molecule has 0 fully saturated rings. The molecule has 6 N–H and O–H groups in total. The molecule has 0 spiro atoms. The third kappa shape index (κ3) is 7.95. The summed E-state index contributed by atoms with van der Waals surface area (Å²) in [5.41, 5.74) is 13.4. The molecular formula is C7H17N3OS3. The van der Waals surface area contributed by atoms with Crippen molar-refractivity contribution in [2.75, 3.05) is 30.3 Å². The summed E-state index contributed by atoms with van der Waals surface area (Å²) < 4.78 is 28.9. The first-order valence-corrected chi connectivity index (χ1v) is 7.14. The highest BCUT2D eigenvalue weighted by atomic mass is 33.1. The van der Waals surface area contributed by atoms with Gasteiger partial charge in [0.2, 0.25) is 5.12 Å². The molecule has 0 aromatic heterocycles. The van der Waals surface area contributed by atoms with E-state index in [1.165, 1.54) is 21.6 Å². The maximum Gasteiger partial charge on any atom is 0.206 e. The van der Waals surface area contributed by atoms with Crippen LogP contribution in [0.25, 0.3) is 0 Å². The fourth-order valence-electron chi connectivity index (χ4n) is 0.452. The van der Waals surface area contributed by atoms with Gasteiger partial charge in [-0.2, -0.15) is 0 Å². The zero-order chi connectivity index (χ0) is 14.4. The van der Waals surface area contributed by atoms with Crippen molar-refractivity contribution in [2.45, 2.75) is 6.04 Å². The summed E-state index contributed by atoms with van der Waals surface area (Å²) in [5.74, 6) is 1.06. The molecule has 0 aliphatic rings. The lowest BCUT2D eigenvalue weighted by atomic mass is 10.4. The minimum Gasteiger partial charge on any atom is -0.330 e. The van der Waals surface area contributed by atoms with Crippen molar-refractivity contribution in [3.05, 3.63) is 0 Å². The Morgan fingerprint density at radius 3 is 2.71 bits per heavy atom. The molecule has 0 bridgehead atoms. The van der Waals surface area contributed by atoms with Crippen molar-refractivity contribution in [3.63, 3.8) is 0 Å². The van der Waals surface area contributed by atoms with E-state index in [2.05, 4.69) is 0 Å². The van der Waals surface area contributed by atoms with Crippen molar-refractivity contribution in [2.24, 2.45) is 17.2 Å². The van der Waals surface area contributed by atoms with Crippen LogP contribution in [0, 0.1) is 0 Å². The first kappa shape index (κ1) is 8.72. The second kappa shape index (κ2) is 10.1. The van der Waals surface area contributed by atoms with Gasteiger partial charge in [0, 0.05) is 35.7 Å². The number of nitrogens with two attached hydrogens (primary N) is 3. The SMILES string of the molecule is [2H]C([2H])(N)C([2H])([2H])SC(=O)[C@@H](N)CSSCCN. The van der Waals surface area contributed by atoms with E-state index < -0.39 is 23.4 Å². The summed E-state index contributed by atoms with van der Waals surface area (Å²) in [7, 11) is 2.86. The summed E-state index contributed by atoms with van der Waals surface area (Å²) in [4.78, 5) is 11.6. The van der Waals surface area contributed by atoms with Gasteiger partial charge >= 0.3 is 0 Å². The van der Waals surface area contributed by atoms with E-state index in [1.54, 1.807) is 0 Å². The van der Waals surface area contributed by atoms with E-state index in [9.17, 15) is 4.79 Å². The first-order valence-electron chi connectivity index (χ1n) is 5.83. The van der Waals surface area contributed by atoms with E-state index >= 15 is 0 Å². The Kier molecular flexibility index (Phi) is 6.31. The first-order chi connectivity index (χ1) is 8.12. The molecule has 0 heterocycles. The van der Waals surface area contributed by atoms with Crippen molar-refractivity contribution >= 4 is 38.5 Å². The number of carbonyl (C=O) groups is 1. The van der Waals surface area contributed by atoms with Crippen LogP contribution >= 0.6 is 33.3 Å². The van der Waals surface area contributed by atoms with Gasteiger partial charge < -0.3 is 17.2 Å². The molecule has 0 saturated heterocycles. The summed E-state index contributed by atoms with van der Waals surface area (Å²) in [6.45, 7) is -2.07. The van der Waals surface area contributed by atoms with Gasteiger partial charge in [0.1, 0.15) is 0 Å². The molecule has 0 aromatic rings. The van der Waals surface area contributed by atoms with Crippen LogP contribution in [0.2, 0.25) is 0 Å². The van der Waals surface area contributed by atoms with E-state index in [-0.39, 0.29) is 11.8 Å². The lowest BCUT2D eigenvalue weighted by molar-refractivity contribution is -0.111. The summed E-state index contributed by atoms with van der Waals surface area (Å²) in [6, 6.07) is -0.859. The van der Waals surface area contributed by atoms with Gasteiger partial charge in [-0.1, -0.05) is 33.3 Å². The summed E-state index contributed by atoms with van der Waals surface area (Å²) in [5, 5.41) is -0.616. The third-order valence-electron chi connectivity index (χ3n) is 1.05. The Labute approximate surface area is 102 Å².